The van der Waals surface area contributed by atoms with E-state index < -0.39 is 0 Å². The molecule has 0 bridgehead atoms. The molecule has 0 saturated carbocycles. The van der Waals surface area contributed by atoms with Gasteiger partial charge in [-0.05, 0) is 12.1 Å². The average Bonchev–Trinajstić information content (AvgIpc) is 3.02. The zero-order valence-corrected chi connectivity index (χ0v) is 12.6. The molecule has 0 radical (unpaired) electrons. The molecule has 6 heteroatoms. The number of thioether (sulfide) groups is 2. The lowest BCUT2D eigenvalue weighted by Gasteiger charge is -2.22. The van der Waals surface area contributed by atoms with Crippen LogP contribution in [0.25, 0.3) is 0 Å². The molecule has 2 rings (SSSR count). The van der Waals surface area contributed by atoms with Crippen LogP contribution in [0.1, 0.15) is 23.8 Å². The van der Waals surface area contributed by atoms with Gasteiger partial charge in [-0.1, -0.05) is 6.92 Å². The third kappa shape index (κ3) is 3.70. The van der Waals surface area contributed by atoms with E-state index in [9.17, 15) is 4.79 Å². The third-order valence-electron chi connectivity index (χ3n) is 2.95. The topological polar surface area (TPSA) is 53.7 Å². The van der Waals surface area contributed by atoms with Crippen LogP contribution >= 0.6 is 23.5 Å². The molecule has 0 aromatic carbocycles. The summed E-state index contributed by atoms with van der Waals surface area (Å²) in [7, 11) is 0. The maximum absolute atomic E-state index is 11.9. The maximum Gasteiger partial charge on any atom is 0.233 e. The third-order valence-corrected chi connectivity index (χ3v) is 5.11. The zero-order chi connectivity index (χ0) is 13.7. The van der Waals surface area contributed by atoms with Crippen molar-refractivity contribution in [2.75, 3.05) is 30.4 Å². The van der Waals surface area contributed by atoms with Gasteiger partial charge in [-0.2, -0.15) is 11.8 Å². The second-order valence-corrected chi connectivity index (χ2v) is 6.54. The lowest BCUT2D eigenvalue weighted by atomic mass is 10.3. The predicted octanol–water partition coefficient (Wildman–Crippen LogP) is 2.14. The lowest BCUT2D eigenvalue weighted by molar-refractivity contribution is -0.128. The fraction of sp³-hybridized carbons (Fsp3) is 0.615. The van der Waals surface area contributed by atoms with Crippen molar-refractivity contribution in [2.45, 2.75) is 18.7 Å². The summed E-state index contributed by atoms with van der Waals surface area (Å²) in [6.45, 7) is 2.96. The molecule has 1 N–H and O–H groups in total. The second kappa shape index (κ2) is 7.26. The first kappa shape index (κ1) is 14.8. The number of carbonyl (C=O) groups is 1. The molecule has 106 valence electrons. The van der Waals surface area contributed by atoms with Crippen LogP contribution in [0.5, 0.6) is 0 Å². The molecule has 0 spiro atoms. The Balaban J connectivity index is 1.96. The second-order valence-electron chi connectivity index (χ2n) is 4.24. The molecule has 1 fully saturated rings. The maximum atomic E-state index is 11.9. The van der Waals surface area contributed by atoms with Crippen molar-refractivity contribution < 1.29 is 14.3 Å². The molecule has 1 aliphatic heterocycles. The van der Waals surface area contributed by atoms with E-state index in [0.29, 0.717) is 12.3 Å². The highest BCUT2D eigenvalue weighted by atomic mass is 32.2. The van der Waals surface area contributed by atoms with Crippen LogP contribution in [-0.4, -0.2) is 46.3 Å². The Kier molecular flexibility index (Phi) is 5.66. The molecule has 1 aromatic rings. The largest absolute Gasteiger partial charge is 0.463 e. The van der Waals surface area contributed by atoms with Crippen molar-refractivity contribution in [1.82, 2.24) is 4.90 Å². The Morgan fingerprint density at radius 3 is 3.05 bits per heavy atom. The average molecular weight is 301 g/mol. The molecule has 19 heavy (non-hydrogen) atoms. The van der Waals surface area contributed by atoms with Crippen molar-refractivity contribution in [3.63, 3.8) is 0 Å². The highest BCUT2D eigenvalue weighted by Crippen LogP contribution is 2.39. The van der Waals surface area contributed by atoms with Gasteiger partial charge in [0.2, 0.25) is 5.91 Å². The Bertz CT molecular complexity index is 422. The first-order valence-corrected chi connectivity index (χ1v) is 8.65. The summed E-state index contributed by atoms with van der Waals surface area (Å²) in [5.74, 6) is 4.11. The van der Waals surface area contributed by atoms with E-state index in [1.807, 2.05) is 17.0 Å². The molecule has 1 amide bonds. The van der Waals surface area contributed by atoms with Gasteiger partial charge in [-0.3, -0.25) is 4.79 Å². The number of rotatable bonds is 7. The highest BCUT2D eigenvalue weighted by Gasteiger charge is 2.34. The van der Waals surface area contributed by atoms with Gasteiger partial charge in [0, 0.05) is 24.5 Å². The van der Waals surface area contributed by atoms with Crippen LogP contribution in [0.3, 0.4) is 0 Å². The number of carbonyl (C=O) groups excluding carboxylic acids is 1. The number of hydrogen-bond donors (Lipinski definition) is 1. The lowest BCUT2D eigenvalue weighted by Crippen LogP contribution is -2.30. The summed E-state index contributed by atoms with van der Waals surface area (Å²) >= 11 is 3.29. The summed E-state index contributed by atoms with van der Waals surface area (Å²) in [5, 5.41) is 8.77. The van der Waals surface area contributed by atoms with Gasteiger partial charge >= 0.3 is 0 Å². The summed E-state index contributed by atoms with van der Waals surface area (Å²) < 4.78 is 5.76. The minimum absolute atomic E-state index is 0.0162. The van der Waals surface area contributed by atoms with Crippen LogP contribution < -0.4 is 0 Å². The van der Waals surface area contributed by atoms with E-state index in [1.54, 1.807) is 23.5 Å². The Hall–Kier alpha value is -0.590. The molecule has 4 nitrogen and oxygen atoms in total. The highest BCUT2D eigenvalue weighted by molar-refractivity contribution is 8.00. The molecule has 1 aliphatic rings. The zero-order valence-electron chi connectivity index (χ0n) is 11.0. The summed E-state index contributed by atoms with van der Waals surface area (Å²) in [5.41, 5.74) is 0. The standard InChI is InChI=1S/C13H19NO3S2/c1-2-10-3-4-11(17-10)13-14(12(16)9-19-13)5-7-18-8-6-15/h3-4,13,15H,2,5-9H2,1H3. The van der Waals surface area contributed by atoms with Crippen LogP contribution in [0.2, 0.25) is 0 Å². The Morgan fingerprint density at radius 2 is 2.37 bits per heavy atom. The number of hydrogen-bond acceptors (Lipinski definition) is 5. The van der Waals surface area contributed by atoms with Crippen LogP contribution in [0.15, 0.2) is 16.5 Å². The minimum Gasteiger partial charge on any atom is -0.463 e. The number of aliphatic hydroxyl groups excluding tert-OH is 1. The SMILES string of the molecule is CCc1ccc(C2SCC(=O)N2CCSCCO)o1. The normalized spacial score (nSPS) is 19.4. The smallest absolute Gasteiger partial charge is 0.233 e. The van der Waals surface area contributed by atoms with Crippen LogP contribution in [-0.2, 0) is 11.2 Å². The van der Waals surface area contributed by atoms with Crippen molar-refractivity contribution in [1.29, 1.82) is 0 Å². The summed E-state index contributed by atoms with van der Waals surface area (Å²) in [6, 6.07) is 3.96. The van der Waals surface area contributed by atoms with E-state index in [4.69, 9.17) is 9.52 Å². The van der Waals surface area contributed by atoms with E-state index in [-0.39, 0.29) is 17.9 Å². The van der Waals surface area contributed by atoms with Crippen molar-refractivity contribution in [3.8, 4) is 0 Å². The molecule has 1 aromatic heterocycles. The molecular formula is C13H19NO3S2. The minimum atomic E-state index is 0.0162. The van der Waals surface area contributed by atoms with Gasteiger partial charge in [0.25, 0.3) is 0 Å². The summed E-state index contributed by atoms with van der Waals surface area (Å²) in [6.07, 6.45) is 0.873. The van der Waals surface area contributed by atoms with E-state index in [2.05, 4.69) is 6.92 Å². The quantitative estimate of drug-likeness (QED) is 0.782. The van der Waals surface area contributed by atoms with Crippen molar-refractivity contribution in [3.05, 3.63) is 23.7 Å². The molecular weight excluding hydrogens is 282 g/mol. The number of furan rings is 1. The fourth-order valence-corrected chi connectivity index (χ4v) is 3.80. The van der Waals surface area contributed by atoms with Gasteiger partial charge in [0.05, 0.1) is 12.4 Å². The monoisotopic (exact) mass is 301 g/mol. The van der Waals surface area contributed by atoms with Crippen molar-refractivity contribution >= 4 is 29.4 Å². The molecule has 2 heterocycles. The van der Waals surface area contributed by atoms with E-state index in [1.165, 1.54) is 0 Å². The first-order valence-electron chi connectivity index (χ1n) is 6.44. The van der Waals surface area contributed by atoms with Gasteiger partial charge in [-0.25, -0.2) is 0 Å². The Labute approximate surface area is 121 Å². The number of nitrogens with zero attached hydrogens (tertiary/aromatic N) is 1. The molecule has 1 saturated heterocycles. The Morgan fingerprint density at radius 1 is 1.53 bits per heavy atom. The number of aliphatic hydroxyl groups is 1. The first-order chi connectivity index (χ1) is 9.26. The van der Waals surface area contributed by atoms with Crippen molar-refractivity contribution in [2.24, 2.45) is 0 Å². The van der Waals surface area contributed by atoms with Crippen LogP contribution in [0, 0.1) is 0 Å². The summed E-state index contributed by atoms with van der Waals surface area (Å²) in [4.78, 5) is 13.8. The van der Waals surface area contributed by atoms with Gasteiger partial charge in [0.1, 0.15) is 16.9 Å². The van der Waals surface area contributed by atoms with Gasteiger partial charge in [0.15, 0.2) is 0 Å². The predicted molar refractivity (Wildman–Crippen MR) is 79.4 cm³/mol. The van der Waals surface area contributed by atoms with E-state index >= 15 is 0 Å². The fourth-order valence-electron chi connectivity index (χ4n) is 1.98. The van der Waals surface area contributed by atoms with Crippen LogP contribution in [0.4, 0.5) is 0 Å². The van der Waals surface area contributed by atoms with E-state index in [0.717, 1.165) is 29.4 Å². The van der Waals surface area contributed by atoms with Gasteiger partial charge in [-0.15, -0.1) is 11.8 Å². The van der Waals surface area contributed by atoms with Gasteiger partial charge < -0.3 is 14.4 Å². The number of aryl methyl sites for hydroxylation is 1. The molecule has 0 aliphatic carbocycles. The number of amides is 1. The molecule has 1 unspecified atom stereocenters. The molecule has 1 atom stereocenters.